The van der Waals surface area contributed by atoms with E-state index in [1.54, 1.807) is 0 Å². The first-order valence-corrected chi connectivity index (χ1v) is 6.91. The minimum atomic E-state index is 0.259. The Morgan fingerprint density at radius 3 is 3.33 bits per heavy atom. The first-order valence-electron chi connectivity index (χ1n) is 6.03. The van der Waals surface area contributed by atoms with E-state index in [0.29, 0.717) is 5.69 Å². The average Bonchev–Trinajstić information content (AvgIpc) is 3.03. The zero-order chi connectivity index (χ0) is 12.5. The van der Waals surface area contributed by atoms with Crippen molar-refractivity contribution < 1.29 is 9.53 Å². The molecule has 0 spiro atoms. The maximum Gasteiger partial charge on any atom is 0.196 e. The van der Waals surface area contributed by atoms with E-state index in [9.17, 15) is 4.79 Å². The second-order valence-electron chi connectivity index (χ2n) is 4.51. The Kier molecular flexibility index (Phi) is 3.05. The smallest absolute Gasteiger partial charge is 0.196 e. The predicted octanol–water partition coefficient (Wildman–Crippen LogP) is 1.82. The number of thiazole rings is 1. The molecular weight excluding hydrogens is 250 g/mol. The molecule has 5 nitrogen and oxygen atoms in total. The van der Waals surface area contributed by atoms with Crippen LogP contribution in [0.1, 0.15) is 23.3 Å². The summed E-state index contributed by atoms with van der Waals surface area (Å²) in [7, 11) is 1.96. The lowest BCUT2D eigenvalue weighted by Gasteiger charge is -2.20. The summed E-state index contributed by atoms with van der Waals surface area (Å²) in [5, 5.41) is 1.93. The molecule has 1 fully saturated rings. The molecule has 0 saturated carbocycles. The highest BCUT2D eigenvalue weighted by Gasteiger charge is 2.21. The van der Waals surface area contributed by atoms with Crippen molar-refractivity contribution in [3.63, 3.8) is 0 Å². The number of hydrogen-bond donors (Lipinski definition) is 0. The van der Waals surface area contributed by atoms with Crippen LogP contribution < -0.4 is 4.90 Å². The standard InChI is InChI=1S/C12H15N3O2S/c1-14(7-9-3-2-5-17-9)11-10(8-16)15-4-6-18-12(15)13-11/h4,6,8-9H,2-3,5,7H2,1H3. The summed E-state index contributed by atoms with van der Waals surface area (Å²) in [5.74, 6) is 0.743. The van der Waals surface area contributed by atoms with E-state index in [0.717, 1.165) is 43.1 Å². The van der Waals surface area contributed by atoms with Crippen molar-refractivity contribution in [2.75, 3.05) is 25.1 Å². The Hall–Kier alpha value is -1.40. The lowest BCUT2D eigenvalue weighted by Crippen LogP contribution is -2.29. The first kappa shape index (κ1) is 11.7. The fourth-order valence-electron chi connectivity index (χ4n) is 2.36. The number of likely N-dealkylation sites (N-methyl/N-ethyl adjacent to an activating group) is 1. The molecule has 0 aliphatic carbocycles. The van der Waals surface area contributed by atoms with Crippen molar-refractivity contribution in [3.8, 4) is 0 Å². The number of imidazole rings is 1. The topological polar surface area (TPSA) is 46.8 Å². The second-order valence-corrected chi connectivity index (χ2v) is 5.38. The number of nitrogens with zero attached hydrogens (tertiary/aromatic N) is 3. The van der Waals surface area contributed by atoms with Gasteiger partial charge in [0.05, 0.1) is 6.10 Å². The van der Waals surface area contributed by atoms with E-state index < -0.39 is 0 Å². The predicted molar refractivity (Wildman–Crippen MR) is 70.7 cm³/mol. The maximum absolute atomic E-state index is 11.2. The van der Waals surface area contributed by atoms with Crippen molar-refractivity contribution in [2.24, 2.45) is 0 Å². The van der Waals surface area contributed by atoms with Crippen LogP contribution in [0.3, 0.4) is 0 Å². The highest BCUT2D eigenvalue weighted by Crippen LogP contribution is 2.24. The molecule has 0 radical (unpaired) electrons. The van der Waals surface area contributed by atoms with Gasteiger partial charge in [0.25, 0.3) is 0 Å². The van der Waals surface area contributed by atoms with Gasteiger partial charge in [-0.25, -0.2) is 4.98 Å². The number of aromatic nitrogens is 2. The summed E-state index contributed by atoms with van der Waals surface area (Å²) in [6, 6.07) is 0. The van der Waals surface area contributed by atoms with Crippen molar-refractivity contribution in [3.05, 3.63) is 17.3 Å². The Morgan fingerprint density at radius 2 is 2.61 bits per heavy atom. The number of fused-ring (bicyclic) bond motifs is 1. The second kappa shape index (κ2) is 4.70. The molecule has 2 aromatic rings. The van der Waals surface area contributed by atoms with E-state index in [4.69, 9.17) is 4.74 Å². The number of hydrogen-bond acceptors (Lipinski definition) is 5. The van der Waals surface area contributed by atoms with Crippen molar-refractivity contribution in [2.45, 2.75) is 18.9 Å². The number of carbonyl (C=O) groups excluding carboxylic acids is 1. The Bertz CT molecular complexity index is 557. The zero-order valence-corrected chi connectivity index (χ0v) is 11.0. The van der Waals surface area contributed by atoms with E-state index in [2.05, 4.69) is 4.98 Å². The van der Waals surface area contributed by atoms with Gasteiger partial charge in [0.15, 0.2) is 17.1 Å². The van der Waals surface area contributed by atoms with Gasteiger partial charge in [0.2, 0.25) is 0 Å². The van der Waals surface area contributed by atoms with E-state index in [-0.39, 0.29) is 6.10 Å². The third-order valence-electron chi connectivity index (χ3n) is 3.25. The molecule has 1 aliphatic heterocycles. The summed E-state index contributed by atoms with van der Waals surface area (Å²) >= 11 is 1.53. The molecule has 1 atom stereocenters. The van der Waals surface area contributed by atoms with Crippen LogP contribution in [0.4, 0.5) is 5.82 Å². The van der Waals surface area contributed by atoms with Crippen LogP contribution in [0.25, 0.3) is 4.96 Å². The van der Waals surface area contributed by atoms with Crippen LogP contribution in [0.5, 0.6) is 0 Å². The molecule has 3 heterocycles. The van der Waals surface area contributed by atoms with E-state index in [1.165, 1.54) is 11.3 Å². The molecule has 96 valence electrons. The van der Waals surface area contributed by atoms with E-state index in [1.807, 2.05) is 27.9 Å². The van der Waals surface area contributed by atoms with Gasteiger partial charge in [0.1, 0.15) is 5.69 Å². The fourth-order valence-corrected chi connectivity index (χ4v) is 3.08. The average molecular weight is 265 g/mol. The molecule has 0 amide bonds. The fraction of sp³-hybridized carbons (Fsp3) is 0.500. The molecular formula is C12H15N3O2S. The molecule has 18 heavy (non-hydrogen) atoms. The van der Waals surface area contributed by atoms with Crippen LogP contribution in [-0.4, -0.2) is 42.0 Å². The quantitative estimate of drug-likeness (QED) is 0.791. The summed E-state index contributed by atoms with van der Waals surface area (Å²) in [5.41, 5.74) is 0.617. The van der Waals surface area contributed by atoms with Crippen molar-refractivity contribution in [1.82, 2.24) is 9.38 Å². The van der Waals surface area contributed by atoms with Gasteiger partial charge in [0, 0.05) is 31.8 Å². The van der Waals surface area contributed by atoms with Crippen molar-refractivity contribution >= 4 is 28.4 Å². The van der Waals surface area contributed by atoms with Crippen LogP contribution in [0.2, 0.25) is 0 Å². The lowest BCUT2D eigenvalue weighted by molar-refractivity contribution is 0.111. The minimum Gasteiger partial charge on any atom is -0.376 e. The van der Waals surface area contributed by atoms with Gasteiger partial charge in [-0.15, -0.1) is 11.3 Å². The largest absolute Gasteiger partial charge is 0.376 e. The number of rotatable bonds is 4. The molecule has 6 heteroatoms. The van der Waals surface area contributed by atoms with Crippen LogP contribution in [0.15, 0.2) is 11.6 Å². The van der Waals surface area contributed by atoms with Crippen LogP contribution in [0, 0.1) is 0 Å². The third kappa shape index (κ3) is 1.91. The SMILES string of the molecule is CN(CC1CCCO1)c1nc2sccn2c1C=O. The number of anilines is 1. The van der Waals surface area contributed by atoms with Gasteiger partial charge in [-0.1, -0.05) is 0 Å². The van der Waals surface area contributed by atoms with Crippen molar-refractivity contribution in [1.29, 1.82) is 0 Å². The molecule has 1 unspecified atom stereocenters. The van der Waals surface area contributed by atoms with Gasteiger partial charge in [-0.2, -0.15) is 0 Å². The Balaban J connectivity index is 1.87. The third-order valence-corrected chi connectivity index (χ3v) is 4.01. The highest BCUT2D eigenvalue weighted by atomic mass is 32.1. The molecule has 1 saturated heterocycles. The van der Waals surface area contributed by atoms with Crippen LogP contribution in [-0.2, 0) is 4.74 Å². The van der Waals surface area contributed by atoms with Gasteiger partial charge in [-0.3, -0.25) is 9.20 Å². The molecule has 0 aromatic carbocycles. The molecule has 1 aliphatic rings. The summed E-state index contributed by atoms with van der Waals surface area (Å²) in [4.78, 5) is 18.6. The van der Waals surface area contributed by atoms with Gasteiger partial charge in [-0.05, 0) is 12.8 Å². The molecule has 3 rings (SSSR count). The Labute approximate surface area is 109 Å². The summed E-state index contributed by atoms with van der Waals surface area (Å²) < 4.78 is 7.44. The maximum atomic E-state index is 11.2. The normalized spacial score (nSPS) is 19.5. The monoisotopic (exact) mass is 265 g/mol. The zero-order valence-electron chi connectivity index (χ0n) is 10.2. The lowest BCUT2D eigenvalue weighted by atomic mass is 10.2. The summed E-state index contributed by atoms with van der Waals surface area (Å²) in [6.07, 6.45) is 5.21. The van der Waals surface area contributed by atoms with E-state index >= 15 is 0 Å². The number of aldehydes is 1. The van der Waals surface area contributed by atoms with Gasteiger partial charge < -0.3 is 9.64 Å². The molecule has 0 N–H and O–H groups in total. The Morgan fingerprint density at radius 1 is 1.72 bits per heavy atom. The molecule has 0 bridgehead atoms. The highest BCUT2D eigenvalue weighted by molar-refractivity contribution is 7.15. The number of ether oxygens (including phenoxy) is 1. The summed E-state index contributed by atoms with van der Waals surface area (Å²) in [6.45, 7) is 1.63. The van der Waals surface area contributed by atoms with Gasteiger partial charge >= 0.3 is 0 Å². The molecule has 2 aromatic heterocycles. The first-order chi connectivity index (χ1) is 8.79. The minimum absolute atomic E-state index is 0.259. The number of carbonyl (C=O) groups is 1. The van der Waals surface area contributed by atoms with Crippen LogP contribution >= 0.6 is 11.3 Å².